The van der Waals surface area contributed by atoms with E-state index in [4.69, 9.17) is 4.74 Å². The predicted octanol–water partition coefficient (Wildman–Crippen LogP) is 5.18. The Morgan fingerprint density at radius 2 is 2.00 bits per heavy atom. The first-order chi connectivity index (χ1) is 12.2. The Morgan fingerprint density at radius 1 is 1.12 bits per heavy atom. The number of hydrogen-bond acceptors (Lipinski definition) is 4. The molecule has 2 heterocycles. The van der Waals surface area contributed by atoms with Crippen LogP contribution in [0.25, 0.3) is 0 Å². The number of rotatable bonds is 5. The van der Waals surface area contributed by atoms with Crippen LogP contribution in [-0.4, -0.2) is 38.8 Å². The molecule has 0 saturated carbocycles. The van der Waals surface area contributed by atoms with E-state index in [1.807, 2.05) is 23.5 Å². The molecule has 4 aliphatic rings. The highest BCUT2D eigenvalue weighted by molar-refractivity contribution is 8.07. The van der Waals surface area contributed by atoms with Crippen LogP contribution in [0.15, 0.2) is 78.9 Å². The van der Waals surface area contributed by atoms with Gasteiger partial charge < -0.3 is 9.64 Å². The van der Waals surface area contributed by atoms with Crippen molar-refractivity contribution in [3.05, 3.63) is 78.9 Å². The van der Waals surface area contributed by atoms with Crippen LogP contribution in [-0.2, 0) is 4.74 Å². The van der Waals surface area contributed by atoms with Crippen molar-refractivity contribution in [1.82, 2.24) is 4.90 Å². The van der Waals surface area contributed by atoms with E-state index in [2.05, 4.69) is 60.9 Å². The quantitative estimate of drug-likeness (QED) is 0.619. The zero-order valence-corrected chi connectivity index (χ0v) is 16.4. The van der Waals surface area contributed by atoms with Crippen molar-refractivity contribution >= 4 is 23.5 Å². The topological polar surface area (TPSA) is 12.5 Å². The molecule has 0 saturated heterocycles. The molecule has 0 aromatic heterocycles. The Morgan fingerprint density at radius 3 is 2.88 bits per heavy atom. The highest BCUT2D eigenvalue weighted by Gasteiger charge is 2.29. The van der Waals surface area contributed by atoms with Gasteiger partial charge in [0.05, 0.1) is 13.2 Å². The lowest BCUT2D eigenvalue weighted by molar-refractivity contribution is 0.140. The SMILES string of the molecule is CN(C)CCOCC1=CCC2=CC=CC3=C4SC=CC=C4CC3=C2S1. The summed E-state index contributed by atoms with van der Waals surface area (Å²) in [6, 6.07) is 0. The van der Waals surface area contributed by atoms with Gasteiger partial charge in [0.15, 0.2) is 0 Å². The maximum atomic E-state index is 5.87. The van der Waals surface area contributed by atoms with Crippen molar-refractivity contribution < 1.29 is 4.74 Å². The predicted molar refractivity (Wildman–Crippen MR) is 110 cm³/mol. The first kappa shape index (κ1) is 17.2. The molecule has 0 bridgehead atoms. The number of thioether (sulfide) groups is 2. The molecule has 0 spiro atoms. The second kappa shape index (κ2) is 7.58. The molecule has 2 nitrogen and oxygen atoms in total. The second-order valence-electron chi connectivity index (χ2n) is 6.75. The standard InChI is InChI=1S/C21H23NOS2/c1-22(2)10-11-23-14-17-9-8-15-5-3-7-18-19(21(15)25-17)13-16-6-4-12-24-20(16)18/h3-7,9,12H,8,10-11,13-14H2,1-2H3. The minimum atomic E-state index is 0.723. The van der Waals surface area contributed by atoms with E-state index in [0.717, 1.165) is 32.6 Å². The smallest absolute Gasteiger partial charge is 0.0776 e. The average Bonchev–Trinajstić information content (AvgIpc) is 2.88. The molecule has 0 fully saturated rings. The third-order valence-electron chi connectivity index (χ3n) is 4.63. The number of hydrogen-bond donors (Lipinski definition) is 0. The van der Waals surface area contributed by atoms with Crippen molar-refractivity contribution in [1.29, 1.82) is 0 Å². The van der Waals surface area contributed by atoms with E-state index in [1.54, 1.807) is 0 Å². The van der Waals surface area contributed by atoms with E-state index in [1.165, 1.54) is 37.0 Å². The summed E-state index contributed by atoms with van der Waals surface area (Å²) in [5.74, 6) is 0. The number of nitrogens with zero attached hydrogens (tertiary/aromatic N) is 1. The van der Waals surface area contributed by atoms with E-state index < -0.39 is 0 Å². The Labute approximate surface area is 158 Å². The molecule has 2 aliphatic heterocycles. The molecule has 0 amide bonds. The largest absolute Gasteiger partial charge is 0.375 e. The Kier molecular flexibility index (Phi) is 5.23. The van der Waals surface area contributed by atoms with Crippen molar-refractivity contribution in [2.45, 2.75) is 12.8 Å². The van der Waals surface area contributed by atoms with Crippen LogP contribution in [0.3, 0.4) is 0 Å². The number of ether oxygens (including phenoxy) is 1. The monoisotopic (exact) mass is 369 g/mol. The van der Waals surface area contributed by atoms with Crippen LogP contribution in [0.2, 0.25) is 0 Å². The molecular weight excluding hydrogens is 346 g/mol. The van der Waals surface area contributed by atoms with Crippen LogP contribution in [0.4, 0.5) is 0 Å². The molecule has 0 aromatic carbocycles. The minimum absolute atomic E-state index is 0.723. The van der Waals surface area contributed by atoms with Gasteiger partial charge in [0.25, 0.3) is 0 Å². The molecule has 25 heavy (non-hydrogen) atoms. The number of allylic oxidation sites excluding steroid dienone is 10. The highest BCUT2D eigenvalue weighted by Crippen LogP contribution is 2.52. The summed E-state index contributed by atoms with van der Waals surface area (Å²) < 4.78 is 5.87. The van der Waals surface area contributed by atoms with Crippen molar-refractivity contribution in [3.8, 4) is 0 Å². The zero-order chi connectivity index (χ0) is 17.2. The van der Waals surface area contributed by atoms with E-state index in [-0.39, 0.29) is 0 Å². The van der Waals surface area contributed by atoms with Gasteiger partial charge in [0, 0.05) is 27.7 Å². The van der Waals surface area contributed by atoms with Gasteiger partial charge in [-0.25, -0.2) is 0 Å². The highest BCUT2D eigenvalue weighted by atomic mass is 32.2. The first-order valence-corrected chi connectivity index (χ1v) is 10.4. The van der Waals surface area contributed by atoms with Crippen LogP contribution >= 0.6 is 23.5 Å². The fourth-order valence-electron chi connectivity index (χ4n) is 3.31. The van der Waals surface area contributed by atoms with E-state index in [0.29, 0.717) is 0 Å². The van der Waals surface area contributed by atoms with Gasteiger partial charge in [-0.15, -0.1) is 0 Å². The van der Waals surface area contributed by atoms with E-state index in [9.17, 15) is 0 Å². The van der Waals surface area contributed by atoms with Gasteiger partial charge in [0.1, 0.15) is 0 Å². The van der Waals surface area contributed by atoms with Crippen LogP contribution < -0.4 is 0 Å². The van der Waals surface area contributed by atoms with E-state index >= 15 is 0 Å². The first-order valence-electron chi connectivity index (χ1n) is 8.70. The Bertz CT molecular complexity index is 791. The van der Waals surface area contributed by atoms with Crippen LogP contribution in [0.5, 0.6) is 0 Å². The summed E-state index contributed by atoms with van der Waals surface area (Å²) in [4.78, 5) is 6.40. The Hall–Kier alpha value is -1.20. The molecule has 0 radical (unpaired) electrons. The molecule has 0 unspecified atom stereocenters. The third kappa shape index (κ3) is 3.68. The van der Waals surface area contributed by atoms with Gasteiger partial charge in [-0.3, -0.25) is 0 Å². The van der Waals surface area contributed by atoms with Gasteiger partial charge in [0.2, 0.25) is 0 Å². The van der Waals surface area contributed by atoms with Gasteiger partial charge >= 0.3 is 0 Å². The van der Waals surface area contributed by atoms with Crippen LogP contribution in [0.1, 0.15) is 12.8 Å². The lowest BCUT2D eigenvalue weighted by Crippen LogP contribution is -2.18. The summed E-state index contributed by atoms with van der Waals surface area (Å²) in [7, 11) is 4.16. The molecule has 0 atom stereocenters. The summed E-state index contributed by atoms with van der Waals surface area (Å²) in [6.07, 6.45) is 15.6. The molecule has 4 heteroatoms. The van der Waals surface area contributed by atoms with Crippen LogP contribution in [0, 0.1) is 0 Å². The van der Waals surface area contributed by atoms with Crippen molar-refractivity contribution in [2.24, 2.45) is 0 Å². The number of fused-ring (bicyclic) bond motifs is 3. The van der Waals surface area contributed by atoms with Gasteiger partial charge in [-0.1, -0.05) is 60.0 Å². The molecule has 130 valence electrons. The average molecular weight is 370 g/mol. The van der Waals surface area contributed by atoms with Gasteiger partial charge in [-0.2, -0.15) is 0 Å². The maximum absolute atomic E-state index is 5.87. The van der Waals surface area contributed by atoms with Crippen molar-refractivity contribution in [2.75, 3.05) is 33.9 Å². The summed E-state index contributed by atoms with van der Waals surface area (Å²) in [5, 5.41) is 2.18. The molecule has 4 rings (SSSR count). The summed E-state index contributed by atoms with van der Waals surface area (Å²) in [6.45, 7) is 2.47. The molecule has 2 aliphatic carbocycles. The molecular formula is C21H23NOS2. The fraction of sp³-hybridized carbons (Fsp3) is 0.333. The third-order valence-corrected chi connectivity index (χ3v) is 6.90. The van der Waals surface area contributed by atoms with Crippen molar-refractivity contribution in [3.63, 3.8) is 0 Å². The normalized spacial score (nSPS) is 21.6. The molecule has 0 N–H and O–H groups in total. The number of likely N-dealkylation sites (N-methyl/N-ethyl adjacent to an activating group) is 1. The minimum Gasteiger partial charge on any atom is -0.375 e. The zero-order valence-electron chi connectivity index (χ0n) is 14.7. The second-order valence-corrected chi connectivity index (χ2v) is 8.80. The Balaban J connectivity index is 1.55. The molecule has 0 aromatic rings. The fourth-order valence-corrected chi connectivity index (χ4v) is 5.38. The lowest BCUT2D eigenvalue weighted by Gasteiger charge is -2.21. The maximum Gasteiger partial charge on any atom is 0.0776 e. The lowest BCUT2D eigenvalue weighted by atomic mass is 10.0. The van der Waals surface area contributed by atoms with Gasteiger partial charge in [-0.05, 0) is 48.2 Å². The summed E-state index contributed by atoms with van der Waals surface area (Å²) in [5.41, 5.74) is 5.83. The summed E-state index contributed by atoms with van der Waals surface area (Å²) >= 11 is 3.77.